The number of amides is 1. The van der Waals surface area contributed by atoms with Crippen molar-refractivity contribution in [1.82, 2.24) is 0 Å². The van der Waals surface area contributed by atoms with E-state index in [2.05, 4.69) is 5.32 Å². The first-order chi connectivity index (χ1) is 12.5. The highest BCUT2D eigenvalue weighted by Crippen LogP contribution is 2.27. The summed E-state index contributed by atoms with van der Waals surface area (Å²) in [4.78, 5) is 12.7. The fourth-order valence-corrected chi connectivity index (χ4v) is 4.85. The first kappa shape index (κ1) is 16.6. The van der Waals surface area contributed by atoms with Crippen LogP contribution in [-0.2, 0) is 10.0 Å². The summed E-state index contributed by atoms with van der Waals surface area (Å²) in [7, 11) is -3.25. The molecule has 1 N–H and O–H groups in total. The first-order valence-corrected chi connectivity index (χ1v) is 10.1. The number of benzene rings is 3. The summed E-state index contributed by atoms with van der Waals surface area (Å²) in [6, 6.07) is 20.3. The lowest BCUT2D eigenvalue weighted by Crippen LogP contribution is -2.25. The van der Waals surface area contributed by atoms with Crippen molar-refractivity contribution < 1.29 is 13.2 Å². The predicted octanol–water partition coefficient (Wildman–Crippen LogP) is 3.63. The van der Waals surface area contributed by atoms with Crippen molar-refractivity contribution >= 4 is 38.1 Å². The zero-order valence-electron chi connectivity index (χ0n) is 14.1. The van der Waals surface area contributed by atoms with Crippen LogP contribution in [0.3, 0.4) is 0 Å². The second-order valence-corrected chi connectivity index (χ2v) is 8.29. The van der Waals surface area contributed by atoms with Gasteiger partial charge in [-0.3, -0.25) is 9.10 Å². The van der Waals surface area contributed by atoms with Crippen LogP contribution in [0.15, 0.2) is 66.7 Å². The van der Waals surface area contributed by atoms with Crippen LogP contribution in [0.25, 0.3) is 10.8 Å². The third kappa shape index (κ3) is 3.04. The van der Waals surface area contributed by atoms with Gasteiger partial charge in [-0.25, -0.2) is 8.42 Å². The Hall–Kier alpha value is -2.86. The highest BCUT2D eigenvalue weighted by atomic mass is 32.2. The number of anilines is 2. The monoisotopic (exact) mass is 366 g/mol. The van der Waals surface area contributed by atoms with Crippen molar-refractivity contribution in [1.29, 1.82) is 0 Å². The van der Waals surface area contributed by atoms with Crippen molar-refractivity contribution in [3.8, 4) is 0 Å². The van der Waals surface area contributed by atoms with Gasteiger partial charge >= 0.3 is 0 Å². The highest BCUT2D eigenvalue weighted by Gasteiger charge is 2.28. The molecule has 0 aromatic heterocycles. The lowest BCUT2D eigenvalue weighted by atomic mass is 10.0. The molecule has 1 aliphatic heterocycles. The molecule has 3 aromatic rings. The van der Waals surface area contributed by atoms with Gasteiger partial charge in [0, 0.05) is 17.8 Å². The Labute approximate surface area is 152 Å². The molecule has 1 amide bonds. The molecule has 3 aromatic carbocycles. The molecule has 4 rings (SSSR count). The average Bonchev–Trinajstić information content (AvgIpc) is 3.00. The maximum atomic E-state index is 12.7. The normalized spacial score (nSPS) is 15.9. The molecule has 132 valence electrons. The Balaban J connectivity index is 1.63. The van der Waals surface area contributed by atoms with Crippen molar-refractivity contribution in [3.05, 3.63) is 72.3 Å². The Morgan fingerprint density at radius 1 is 0.962 bits per heavy atom. The second kappa shape index (κ2) is 6.46. The van der Waals surface area contributed by atoms with Gasteiger partial charge in [-0.2, -0.15) is 0 Å². The quantitative estimate of drug-likeness (QED) is 0.770. The van der Waals surface area contributed by atoms with Crippen LogP contribution >= 0.6 is 0 Å². The van der Waals surface area contributed by atoms with Gasteiger partial charge in [0.1, 0.15) is 0 Å². The zero-order chi connectivity index (χ0) is 18.1. The summed E-state index contributed by atoms with van der Waals surface area (Å²) in [5.74, 6) is -0.0530. The topological polar surface area (TPSA) is 66.5 Å². The van der Waals surface area contributed by atoms with E-state index < -0.39 is 10.0 Å². The van der Waals surface area contributed by atoms with Gasteiger partial charge in [-0.05, 0) is 41.5 Å². The Morgan fingerprint density at radius 3 is 2.54 bits per heavy atom. The summed E-state index contributed by atoms with van der Waals surface area (Å²) < 4.78 is 25.6. The van der Waals surface area contributed by atoms with Gasteiger partial charge in [0.05, 0.1) is 11.4 Å². The van der Waals surface area contributed by atoms with Gasteiger partial charge < -0.3 is 5.32 Å². The summed E-state index contributed by atoms with van der Waals surface area (Å²) in [6.45, 7) is 0.475. The van der Waals surface area contributed by atoms with E-state index in [0.29, 0.717) is 29.9 Å². The molecule has 0 bridgehead atoms. The van der Waals surface area contributed by atoms with E-state index in [1.165, 1.54) is 4.31 Å². The Morgan fingerprint density at radius 2 is 1.73 bits per heavy atom. The number of fused-ring (bicyclic) bond motifs is 1. The minimum Gasteiger partial charge on any atom is -0.322 e. The minimum absolute atomic E-state index is 0.166. The highest BCUT2D eigenvalue weighted by molar-refractivity contribution is 7.93. The molecule has 0 saturated carbocycles. The average molecular weight is 366 g/mol. The van der Waals surface area contributed by atoms with Crippen LogP contribution < -0.4 is 9.62 Å². The summed E-state index contributed by atoms with van der Waals surface area (Å²) in [5, 5.41) is 4.76. The zero-order valence-corrected chi connectivity index (χ0v) is 14.9. The lowest BCUT2D eigenvalue weighted by molar-refractivity contribution is 0.102. The van der Waals surface area contributed by atoms with Gasteiger partial charge in [0.2, 0.25) is 10.0 Å². The smallest absolute Gasteiger partial charge is 0.256 e. The van der Waals surface area contributed by atoms with E-state index in [1.807, 2.05) is 36.4 Å². The number of carbonyl (C=O) groups excluding carboxylic acids is 1. The molecular weight excluding hydrogens is 348 g/mol. The molecule has 0 radical (unpaired) electrons. The maximum Gasteiger partial charge on any atom is 0.256 e. The van der Waals surface area contributed by atoms with Crippen molar-refractivity contribution in [3.63, 3.8) is 0 Å². The van der Waals surface area contributed by atoms with E-state index >= 15 is 0 Å². The number of hydrogen-bond acceptors (Lipinski definition) is 3. The number of nitrogens with one attached hydrogen (secondary N) is 1. The standard InChI is InChI=1S/C20H18N2O3S/c23-20(19-11-3-7-15-6-1-2-10-18(15)19)21-16-8-4-9-17(14-16)22-12-5-13-26(22,24)25/h1-4,6-11,14H,5,12-13H2,(H,21,23). The largest absolute Gasteiger partial charge is 0.322 e. The lowest BCUT2D eigenvalue weighted by Gasteiger charge is -2.18. The molecular formula is C20H18N2O3S. The number of sulfonamides is 1. The Bertz CT molecular complexity index is 1090. The predicted molar refractivity (Wildman–Crippen MR) is 104 cm³/mol. The third-order valence-electron chi connectivity index (χ3n) is 4.53. The number of rotatable bonds is 3. The molecule has 0 unspecified atom stereocenters. The van der Waals surface area contributed by atoms with Crippen LogP contribution in [0.2, 0.25) is 0 Å². The molecule has 6 heteroatoms. The Kier molecular flexibility index (Phi) is 4.12. The van der Waals surface area contributed by atoms with Crippen LogP contribution in [0.1, 0.15) is 16.8 Å². The fraction of sp³-hybridized carbons (Fsp3) is 0.150. The number of carbonyl (C=O) groups is 1. The summed E-state index contributed by atoms with van der Waals surface area (Å²) in [5.41, 5.74) is 1.74. The molecule has 1 heterocycles. The fourth-order valence-electron chi connectivity index (χ4n) is 3.29. The molecule has 1 saturated heterocycles. The van der Waals surface area contributed by atoms with Gasteiger partial charge in [-0.1, -0.05) is 42.5 Å². The number of nitrogens with zero attached hydrogens (tertiary/aromatic N) is 1. The molecule has 5 nitrogen and oxygen atoms in total. The number of hydrogen-bond donors (Lipinski definition) is 1. The van der Waals surface area contributed by atoms with E-state index in [1.54, 1.807) is 30.3 Å². The first-order valence-electron chi connectivity index (χ1n) is 8.44. The molecule has 0 aliphatic carbocycles. The van der Waals surface area contributed by atoms with Crippen LogP contribution in [0, 0.1) is 0 Å². The molecule has 26 heavy (non-hydrogen) atoms. The minimum atomic E-state index is -3.25. The summed E-state index contributed by atoms with van der Waals surface area (Å²) in [6.07, 6.45) is 0.620. The molecule has 1 fully saturated rings. The third-order valence-corrected chi connectivity index (χ3v) is 6.40. The van der Waals surface area contributed by atoms with Gasteiger partial charge in [0.25, 0.3) is 5.91 Å². The van der Waals surface area contributed by atoms with Gasteiger partial charge in [0.15, 0.2) is 0 Å². The van der Waals surface area contributed by atoms with E-state index in [-0.39, 0.29) is 11.7 Å². The molecule has 0 atom stereocenters. The van der Waals surface area contributed by atoms with Crippen molar-refractivity contribution in [2.75, 3.05) is 21.9 Å². The van der Waals surface area contributed by atoms with E-state index in [9.17, 15) is 13.2 Å². The SMILES string of the molecule is O=C(Nc1cccc(N2CCCS2(=O)=O)c1)c1cccc2ccccc12. The second-order valence-electron chi connectivity index (χ2n) is 6.27. The van der Waals surface area contributed by atoms with E-state index in [0.717, 1.165) is 10.8 Å². The van der Waals surface area contributed by atoms with Gasteiger partial charge in [-0.15, -0.1) is 0 Å². The van der Waals surface area contributed by atoms with E-state index in [4.69, 9.17) is 0 Å². The maximum absolute atomic E-state index is 12.7. The van der Waals surface area contributed by atoms with Crippen LogP contribution in [0.4, 0.5) is 11.4 Å². The van der Waals surface area contributed by atoms with Crippen LogP contribution in [0.5, 0.6) is 0 Å². The van der Waals surface area contributed by atoms with Crippen molar-refractivity contribution in [2.45, 2.75) is 6.42 Å². The summed E-state index contributed by atoms with van der Waals surface area (Å²) >= 11 is 0. The molecule has 1 aliphatic rings. The van der Waals surface area contributed by atoms with Crippen molar-refractivity contribution in [2.24, 2.45) is 0 Å². The molecule has 0 spiro atoms. The van der Waals surface area contributed by atoms with Crippen LogP contribution in [-0.4, -0.2) is 26.6 Å².